The first-order valence-corrected chi connectivity index (χ1v) is 16.7. The van der Waals surface area contributed by atoms with Gasteiger partial charge in [0.25, 0.3) is 5.91 Å². The molecule has 1 atom stereocenters. The fourth-order valence-electron chi connectivity index (χ4n) is 7.18. The molecular weight excluding hydrogens is 604 g/mol. The van der Waals surface area contributed by atoms with Gasteiger partial charge in [0.1, 0.15) is 35.0 Å². The van der Waals surface area contributed by atoms with Crippen LogP contribution in [0.5, 0.6) is 11.5 Å². The maximum atomic E-state index is 13.9. The van der Waals surface area contributed by atoms with E-state index in [1.165, 1.54) is 6.33 Å². The number of piperidine rings is 1. The van der Waals surface area contributed by atoms with Gasteiger partial charge >= 0.3 is 0 Å². The van der Waals surface area contributed by atoms with Gasteiger partial charge < -0.3 is 24.7 Å². The first-order chi connectivity index (χ1) is 23.3. The second-order valence-electron chi connectivity index (χ2n) is 13.4. The number of benzene rings is 2. The zero-order chi connectivity index (χ0) is 33.3. The van der Waals surface area contributed by atoms with E-state index in [9.17, 15) is 10.1 Å². The number of aromatic nitrogens is 3. The van der Waals surface area contributed by atoms with Gasteiger partial charge in [-0.3, -0.25) is 14.6 Å². The van der Waals surface area contributed by atoms with Crippen molar-refractivity contribution in [3.05, 3.63) is 84.3 Å². The van der Waals surface area contributed by atoms with Crippen LogP contribution < -0.4 is 10.5 Å². The van der Waals surface area contributed by atoms with Crippen molar-refractivity contribution >= 4 is 22.8 Å². The van der Waals surface area contributed by atoms with Gasteiger partial charge in [-0.15, -0.1) is 0 Å². The van der Waals surface area contributed by atoms with Crippen LogP contribution in [0.3, 0.4) is 0 Å². The quantitative estimate of drug-likeness (QED) is 0.213. The average molecular weight is 647 g/mol. The van der Waals surface area contributed by atoms with Crippen molar-refractivity contribution < 1.29 is 14.3 Å². The molecule has 1 amide bonds. The number of nitrogen functional groups attached to an aromatic ring is 1. The third kappa shape index (κ3) is 6.39. The standard InChI is InChI=1S/C37H42N8O3/c1-37(2,44-17-15-42(16-18-44)29-23-47-24-29)19-27(20-38)36(46)43-14-6-7-26(21-43)32-22-45(34-33(32)40-25-41-35(34)39)28-10-12-31(13-11-28)48-30-8-4-3-5-9-30/h3-5,8-13,19,22,25-26,29H,6-7,14-18,21,23-24H2,1-2H3,(H2,39,40,41)/b27-19-/t26-/m1/s1. The zero-order valence-corrected chi connectivity index (χ0v) is 27.6. The molecule has 0 spiro atoms. The number of carbonyl (C=O) groups is 1. The number of nitrogens with zero attached hydrogens (tertiary/aromatic N) is 7. The number of rotatable bonds is 8. The summed E-state index contributed by atoms with van der Waals surface area (Å²) in [5, 5.41) is 10.2. The molecule has 0 unspecified atom stereocenters. The number of nitriles is 1. The third-order valence-electron chi connectivity index (χ3n) is 9.99. The molecular formula is C37H42N8O3. The number of hydrogen-bond acceptors (Lipinski definition) is 9. The molecule has 4 aromatic rings. The van der Waals surface area contributed by atoms with Crippen LogP contribution in [0.1, 0.15) is 38.2 Å². The van der Waals surface area contributed by atoms with Crippen LogP contribution in [-0.4, -0.2) is 99.2 Å². The van der Waals surface area contributed by atoms with Crippen molar-refractivity contribution in [2.75, 3.05) is 58.2 Å². The largest absolute Gasteiger partial charge is 0.457 e. The van der Waals surface area contributed by atoms with Crippen LogP contribution in [0.15, 0.2) is 78.8 Å². The highest BCUT2D eigenvalue weighted by molar-refractivity contribution is 5.97. The lowest BCUT2D eigenvalue weighted by Crippen LogP contribution is -2.59. The van der Waals surface area contributed by atoms with Gasteiger partial charge in [0.15, 0.2) is 5.82 Å². The van der Waals surface area contributed by atoms with Crippen molar-refractivity contribution in [2.45, 2.75) is 44.2 Å². The Hall–Kier alpha value is -4.76. The summed E-state index contributed by atoms with van der Waals surface area (Å²) in [7, 11) is 0. The van der Waals surface area contributed by atoms with Crippen molar-refractivity contribution in [1.82, 2.24) is 29.2 Å². The second kappa shape index (κ2) is 13.4. The van der Waals surface area contributed by atoms with Crippen LogP contribution in [0.25, 0.3) is 16.7 Å². The van der Waals surface area contributed by atoms with Gasteiger partial charge in [-0.2, -0.15) is 5.26 Å². The number of anilines is 1. The number of nitrogens with two attached hydrogens (primary N) is 1. The molecule has 2 aromatic heterocycles. The molecule has 3 saturated heterocycles. The van der Waals surface area contributed by atoms with Gasteiger partial charge in [-0.25, -0.2) is 9.97 Å². The van der Waals surface area contributed by atoms with Crippen molar-refractivity contribution in [3.8, 4) is 23.3 Å². The summed E-state index contributed by atoms with van der Waals surface area (Å²) in [5.41, 5.74) is 9.62. The Bertz CT molecular complexity index is 1830. The lowest BCUT2D eigenvalue weighted by molar-refractivity contribution is -0.128. The summed E-state index contributed by atoms with van der Waals surface area (Å²) < 4.78 is 13.4. The molecule has 3 aliphatic heterocycles. The SMILES string of the molecule is CC(C)(/C=C(/C#N)C(=O)N1CCC[C@@H](c2cn(-c3ccc(Oc4ccccc4)cc3)c3c(N)ncnc23)C1)N1CCN(C2COC2)CC1. The summed E-state index contributed by atoms with van der Waals surface area (Å²) >= 11 is 0. The van der Waals surface area contributed by atoms with Crippen molar-refractivity contribution in [1.29, 1.82) is 5.26 Å². The summed E-state index contributed by atoms with van der Waals surface area (Å²) in [4.78, 5) is 29.5. The highest BCUT2D eigenvalue weighted by Gasteiger charge is 2.35. The van der Waals surface area contributed by atoms with E-state index in [0.717, 1.165) is 86.0 Å². The molecule has 0 radical (unpaired) electrons. The fraction of sp³-hybridized carbons (Fsp3) is 0.405. The molecule has 7 rings (SSSR count). The molecule has 3 aliphatic rings. The topological polar surface area (TPSA) is 126 Å². The number of hydrogen-bond donors (Lipinski definition) is 1. The summed E-state index contributed by atoms with van der Waals surface area (Å²) in [5.74, 6) is 1.69. The minimum absolute atomic E-state index is 0.0259. The van der Waals surface area contributed by atoms with Crippen LogP contribution in [-0.2, 0) is 9.53 Å². The lowest BCUT2D eigenvalue weighted by atomic mass is 9.91. The Morgan fingerprint density at radius 2 is 1.75 bits per heavy atom. The number of carbonyl (C=O) groups excluding carboxylic acids is 1. The van der Waals surface area contributed by atoms with Gasteiger partial charge in [-0.05, 0) is 69.2 Å². The van der Waals surface area contributed by atoms with Gasteiger partial charge in [0.2, 0.25) is 0 Å². The van der Waals surface area contributed by atoms with Gasteiger partial charge in [0.05, 0.1) is 24.8 Å². The highest BCUT2D eigenvalue weighted by atomic mass is 16.5. The molecule has 2 aromatic carbocycles. The van der Waals surface area contributed by atoms with Crippen molar-refractivity contribution in [3.63, 3.8) is 0 Å². The Morgan fingerprint density at radius 3 is 2.44 bits per heavy atom. The van der Waals surface area contributed by atoms with Crippen LogP contribution in [0.4, 0.5) is 5.82 Å². The molecule has 11 heteroatoms. The normalized spacial score (nSPS) is 20.0. The van der Waals surface area contributed by atoms with Crippen molar-refractivity contribution in [2.24, 2.45) is 0 Å². The molecule has 11 nitrogen and oxygen atoms in total. The maximum absolute atomic E-state index is 13.9. The fourth-order valence-corrected chi connectivity index (χ4v) is 7.18. The lowest BCUT2D eigenvalue weighted by Gasteiger charge is -2.46. The van der Waals surface area contributed by atoms with E-state index in [1.54, 1.807) is 0 Å². The van der Waals surface area contributed by atoms with E-state index in [0.29, 0.717) is 24.9 Å². The monoisotopic (exact) mass is 646 g/mol. The molecule has 0 aliphatic carbocycles. The number of amides is 1. The number of likely N-dealkylation sites (tertiary alicyclic amines) is 1. The number of ether oxygens (including phenoxy) is 2. The predicted octanol–water partition coefficient (Wildman–Crippen LogP) is 4.75. The summed E-state index contributed by atoms with van der Waals surface area (Å²) in [6.45, 7) is 10.6. The molecule has 0 saturated carbocycles. The molecule has 2 N–H and O–H groups in total. The van der Waals surface area contributed by atoms with Gasteiger partial charge in [0, 0.05) is 68.2 Å². The Morgan fingerprint density at radius 1 is 1.02 bits per heavy atom. The third-order valence-corrected chi connectivity index (χ3v) is 9.99. The van der Waals surface area contributed by atoms with E-state index in [1.807, 2.05) is 70.1 Å². The summed E-state index contributed by atoms with van der Waals surface area (Å²) in [6, 6.07) is 20.2. The Balaban J connectivity index is 1.09. The second-order valence-corrected chi connectivity index (χ2v) is 13.4. The molecule has 248 valence electrons. The average Bonchev–Trinajstić information content (AvgIpc) is 3.48. The minimum Gasteiger partial charge on any atom is -0.457 e. The molecule has 3 fully saturated rings. The van der Waals surface area contributed by atoms with Crippen LogP contribution >= 0.6 is 0 Å². The van der Waals surface area contributed by atoms with E-state index in [-0.39, 0.29) is 17.4 Å². The molecule has 0 bridgehead atoms. The van der Waals surface area contributed by atoms with Gasteiger partial charge in [-0.1, -0.05) is 18.2 Å². The number of para-hydroxylation sites is 1. The maximum Gasteiger partial charge on any atom is 0.264 e. The number of piperazine rings is 1. The molecule has 5 heterocycles. The first-order valence-electron chi connectivity index (χ1n) is 16.7. The Kier molecular flexibility index (Phi) is 8.88. The molecule has 48 heavy (non-hydrogen) atoms. The summed E-state index contributed by atoms with van der Waals surface area (Å²) in [6.07, 6.45) is 7.15. The van der Waals surface area contributed by atoms with Crippen LogP contribution in [0, 0.1) is 11.3 Å². The van der Waals surface area contributed by atoms with E-state index >= 15 is 0 Å². The van der Waals surface area contributed by atoms with E-state index in [4.69, 9.17) is 15.2 Å². The predicted molar refractivity (Wildman–Crippen MR) is 184 cm³/mol. The smallest absolute Gasteiger partial charge is 0.264 e. The minimum atomic E-state index is -0.429. The van der Waals surface area contributed by atoms with E-state index < -0.39 is 5.54 Å². The highest BCUT2D eigenvalue weighted by Crippen LogP contribution is 2.36. The first kappa shape index (κ1) is 31.8. The van der Waals surface area contributed by atoms with E-state index in [2.05, 4.69) is 45.9 Å². The van der Waals surface area contributed by atoms with Crippen LogP contribution in [0.2, 0.25) is 0 Å². The Labute approximate surface area is 281 Å². The zero-order valence-electron chi connectivity index (χ0n) is 27.6. The number of fused-ring (bicyclic) bond motifs is 1.